The molecule has 0 bridgehead atoms. The van der Waals surface area contributed by atoms with Crippen LogP contribution in [0.1, 0.15) is 27.9 Å². The minimum Gasteiger partial charge on any atom is -0.481 e. The Morgan fingerprint density at radius 2 is 1.80 bits per heavy atom. The van der Waals surface area contributed by atoms with E-state index < -0.39 is 5.97 Å². The van der Waals surface area contributed by atoms with Gasteiger partial charge in [-0.2, -0.15) is 0 Å². The van der Waals surface area contributed by atoms with Gasteiger partial charge < -0.3 is 10.0 Å². The topological polar surface area (TPSA) is 57.6 Å². The molecule has 0 unspecified atom stereocenters. The first kappa shape index (κ1) is 13.2. The quantitative estimate of drug-likeness (QED) is 0.897. The summed E-state index contributed by atoms with van der Waals surface area (Å²) in [6.45, 7) is 5.24. The molecular weight excluding hydrogens is 254 g/mol. The number of aryl methyl sites for hydroxylation is 2. The second-order valence-electron chi connectivity index (χ2n) is 6.11. The van der Waals surface area contributed by atoms with Crippen LogP contribution >= 0.6 is 0 Å². The number of nitrogens with zero attached hydrogens (tertiary/aromatic N) is 1. The highest BCUT2D eigenvalue weighted by Gasteiger charge is 2.57. The third-order valence-electron chi connectivity index (χ3n) is 4.54. The molecule has 1 N–H and O–H groups in total. The van der Waals surface area contributed by atoms with Gasteiger partial charge in [-0.3, -0.25) is 9.59 Å². The number of amides is 1. The zero-order valence-corrected chi connectivity index (χ0v) is 11.8. The Morgan fingerprint density at radius 3 is 2.40 bits per heavy atom. The van der Waals surface area contributed by atoms with E-state index in [2.05, 4.69) is 0 Å². The maximum atomic E-state index is 12.5. The third kappa shape index (κ3) is 2.19. The molecule has 1 amide bonds. The molecule has 1 saturated carbocycles. The van der Waals surface area contributed by atoms with Gasteiger partial charge in [-0.1, -0.05) is 17.2 Å². The second kappa shape index (κ2) is 4.62. The minimum atomic E-state index is -0.708. The Labute approximate surface area is 118 Å². The summed E-state index contributed by atoms with van der Waals surface area (Å²) in [7, 11) is 0. The summed E-state index contributed by atoms with van der Waals surface area (Å²) in [4.78, 5) is 25.4. The molecule has 0 aromatic heterocycles. The summed E-state index contributed by atoms with van der Waals surface area (Å²) >= 11 is 0. The number of fused-ring (bicyclic) bond motifs is 1. The molecule has 2 aliphatic rings. The second-order valence-corrected chi connectivity index (χ2v) is 6.11. The van der Waals surface area contributed by atoms with Crippen molar-refractivity contribution in [2.75, 3.05) is 13.1 Å². The van der Waals surface area contributed by atoms with Crippen molar-refractivity contribution in [3.63, 3.8) is 0 Å². The number of benzene rings is 1. The number of aliphatic carboxylic acids is 1. The highest BCUT2D eigenvalue weighted by atomic mass is 16.4. The molecule has 1 aromatic carbocycles. The summed E-state index contributed by atoms with van der Waals surface area (Å²) < 4.78 is 0. The molecule has 1 heterocycles. The van der Waals surface area contributed by atoms with E-state index in [4.69, 9.17) is 5.11 Å². The molecule has 0 spiro atoms. The third-order valence-corrected chi connectivity index (χ3v) is 4.54. The summed E-state index contributed by atoms with van der Waals surface area (Å²) in [5.74, 6) is -0.453. The minimum absolute atomic E-state index is 0.0336. The molecule has 20 heavy (non-hydrogen) atoms. The molecule has 1 aliphatic heterocycles. The summed E-state index contributed by atoms with van der Waals surface area (Å²) in [5, 5.41) is 9.10. The van der Waals surface area contributed by atoms with Crippen LogP contribution in [0, 0.1) is 31.6 Å². The normalized spacial score (nSPS) is 27.9. The molecule has 4 nitrogen and oxygen atoms in total. The molecule has 0 radical (unpaired) electrons. The Hall–Kier alpha value is -1.84. The van der Waals surface area contributed by atoms with E-state index in [9.17, 15) is 9.59 Å². The van der Waals surface area contributed by atoms with Crippen molar-refractivity contribution >= 4 is 11.9 Å². The smallest absolute Gasteiger partial charge is 0.307 e. The predicted molar refractivity (Wildman–Crippen MR) is 74.5 cm³/mol. The van der Waals surface area contributed by atoms with Crippen molar-refractivity contribution in [3.8, 4) is 0 Å². The predicted octanol–water partition coefficient (Wildman–Crippen LogP) is 2.10. The van der Waals surface area contributed by atoms with Gasteiger partial charge in [-0.25, -0.2) is 0 Å². The van der Waals surface area contributed by atoms with Gasteiger partial charge in [0.15, 0.2) is 0 Å². The molecule has 1 aliphatic carbocycles. The van der Waals surface area contributed by atoms with Gasteiger partial charge in [-0.05, 0) is 44.2 Å². The highest BCUT2D eigenvalue weighted by molar-refractivity contribution is 5.94. The van der Waals surface area contributed by atoms with E-state index in [-0.39, 0.29) is 23.7 Å². The lowest BCUT2D eigenvalue weighted by molar-refractivity contribution is -0.139. The van der Waals surface area contributed by atoms with Gasteiger partial charge in [0.1, 0.15) is 0 Å². The maximum Gasteiger partial charge on any atom is 0.307 e. The molecule has 106 valence electrons. The van der Waals surface area contributed by atoms with E-state index >= 15 is 0 Å². The van der Waals surface area contributed by atoms with Gasteiger partial charge in [0.2, 0.25) is 0 Å². The van der Waals surface area contributed by atoms with Crippen molar-refractivity contribution in [1.82, 2.24) is 4.90 Å². The van der Waals surface area contributed by atoms with Gasteiger partial charge >= 0.3 is 5.97 Å². The number of piperidine rings is 1. The zero-order valence-electron chi connectivity index (χ0n) is 11.8. The molecular formula is C16H19NO3. The van der Waals surface area contributed by atoms with Crippen LogP contribution in [0.5, 0.6) is 0 Å². The van der Waals surface area contributed by atoms with E-state index in [1.807, 2.05) is 36.9 Å². The first-order chi connectivity index (χ1) is 9.47. The van der Waals surface area contributed by atoms with Crippen LogP contribution in [0.3, 0.4) is 0 Å². The Bertz CT molecular complexity index is 561. The average Bonchev–Trinajstić information content (AvgIpc) is 3.09. The van der Waals surface area contributed by atoms with Crippen molar-refractivity contribution in [3.05, 3.63) is 34.9 Å². The van der Waals surface area contributed by atoms with Crippen LogP contribution in [0.2, 0.25) is 0 Å². The molecule has 3 atom stereocenters. The number of rotatable bonds is 2. The SMILES string of the molecule is Cc1cc(C)cc(C(=O)N2CC[C@H]3[C@@H](C2)[C@H]3C(=O)O)c1. The molecule has 2 fully saturated rings. The highest BCUT2D eigenvalue weighted by Crippen LogP contribution is 2.51. The van der Waals surface area contributed by atoms with Crippen LogP contribution in [0.15, 0.2) is 18.2 Å². The van der Waals surface area contributed by atoms with E-state index in [1.54, 1.807) is 0 Å². The first-order valence-corrected chi connectivity index (χ1v) is 7.08. The largest absolute Gasteiger partial charge is 0.481 e. The number of likely N-dealkylation sites (tertiary alicyclic amines) is 1. The van der Waals surface area contributed by atoms with E-state index in [1.165, 1.54) is 0 Å². The fraction of sp³-hybridized carbons (Fsp3) is 0.500. The number of hydrogen-bond acceptors (Lipinski definition) is 2. The van der Waals surface area contributed by atoms with Crippen LogP contribution in [0.4, 0.5) is 0 Å². The van der Waals surface area contributed by atoms with Gasteiger partial charge in [0.05, 0.1) is 5.92 Å². The average molecular weight is 273 g/mol. The molecule has 4 heteroatoms. The monoisotopic (exact) mass is 273 g/mol. The molecule has 1 aromatic rings. The number of carboxylic acids is 1. The lowest BCUT2D eigenvalue weighted by Gasteiger charge is -2.26. The van der Waals surface area contributed by atoms with Crippen molar-refractivity contribution in [1.29, 1.82) is 0 Å². The number of carbonyl (C=O) groups is 2. The van der Waals surface area contributed by atoms with Crippen LogP contribution in [-0.2, 0) is 4.79 Å². The van der Waals surface area contributed by atoms with E-state index in [0.29, 0.717) is 18.7 Å². The fourth-order valence-corrected chi connectivity index (χ4v) is 3.57. The fourth-order valence-electron chi connectivity index (χ4n) is 3.57. The Balaban J connectivity index is 1.74. The summed E-state index contributed by atoms with van der Waals surface area (Å²) in [6, 6.07) is 5.86. The number of hydrogen-bond donors (Lipinski definition) is 1. The Kier molecular flexibility index (Phi) is 3.04. The first-order valence-electron chi connectivity index (χ1n) is 7.08. The number of carboxylic acid groups (broad SMARTS) is 1. The standard InChI is InChI=1S/C16H19NO3/c1-9-5-10(2)7-11(6-9)15(18)17-4-3-12-13(8-17)14(12)16(19)20/h5-7,12-14H,3-4,8H2,1-2H3,(H,19,20)/t12-,13+,14-/m0/s1. The zero-order chi connectivity index (χ0) is 14.4. The number of carbonyl (C=O) groups excluding carboxylic acids is 1. The van der Waals surface area contributed by atoms with E-state index in [0.717, 1.165) is 17.5 Å². The maximum absolute atomic E-state index is 12.5. The van der Waals surface area contributed by atoms with Crippen LogP contribution < -0.4 is 0 Å². The summed E-state index contributed by atoms with van der Waals surface area (Å²) in [6.07, 6.45) is 0.818. The molecule has 3 rings (SSSR count). The van der Waals surface area contributed by atoms with Crippen molar-refractivity contribution < 1.29 is 14.7 Å². The summed E-state index contributed by atoms with van der Waals surface area (Å²) in [5.41, 5.74) is 2.88. The Morgan fingerprint density at radius 1 is 1.15 bits per heavy atom. The molecule has 1 saturated heterocycles. The van der Waals surface area contributed by atoms with Gasteiger partial charge in [0.25, 0.3) is 5.91 Å². The van der Waals surface area contributed by atoms with Gasteiger partial charge in [0, 0.05) is 18.7 Å². The van der Waals surface area contributed by atoms with Crippen LogP contribution in [-0.4, -0.2) is 35.0 Å². The van der Waals surface area contributed by atoms with Crippen molar-refractivity contribution in [2.24, 2.45) is 17.8 Å². The lowest BCUT2D eigenvalue weighted by atomic mass is 10.0. The van der Waals surface area contributed by atoms with Crippen molar-refractivity contribution in [2.45, 2.75) is 20.3 Å². The van der Waals surface area contributed by atoms with Crippen LogP contribution in [0.25, 0.3) is 0 Å². The van der Waals surface area contributed by atoms with Gasteiger partial charge in [-0.15, -0.1) is 0 Å². The lowest BCUT2D eigenvalue weighted by Crippen LogP contribution is -2.37.